The molecule has 1 atom stereocenters. The highest BCUT2D eigenvalue weighted by molar-refractivity contribution is 7.89. The molecule has 2 N–H and O–H groups in total. The summed E-state index contributed by atoms with van der Waals surface area (Å²) in [5, 5.41) is 0. The Kier molecular flexibility index (Phi) is 4.13. The van der Waals surface area contributed by atoms with Crippen LogP contribution in [0.25, 0.3) is 0 Å². The van der Waals surface area contributed by atoms with E-state index in [1.54, 1.807) is 25.3 Å². The van der Waals surface area contributed by atoms with Crippen LogP contribution < -0.4 is 10.5 Å². The summed E-state index contributed by atoms with van der Waals surface area (Å²) >= 11 is 0. The minimum Gasteiger partial charge on any atom is -0.496 e. The highest BCUT2D eigenvalue weighted by Crippen LogP contribution is 2.27. The van der Waals surface area contributed by atoms with Crippen LogP contribution in [0, 0.1) is 12.8 Å². The summed E-state index contributed by atoms with van der Waals surface area (Å²) in [5.41, 5.74) is 6.42. The molecular weight excluding hydrogens is 264 g/mol. The maximum absolute atomic E-state index is 12.5. The molecule has 106 valence electrons. The maximum Gasteiger partial charge on any atom is 0.243 e. The lowest BCUT2D eigenvalue weighted by Gasteiger charge is -2.17. The number of nitrogens with two attached hydrogens (primary N) is 1. The minimum absolute atomic E-state index is 0.272. The third-order valence-corrected chi connectivity index (χ3v) is 5.45. The summed E-state index contributed by atoms with van der Waals surface area (Å²) < 4.78 is 31.7. The lowest BCUT2D eigenvalue weighted by Crippen LogP contribution is -2.30. The molecule has 0 bridgehead atoms. The van der Waals surface area contributed by atoms with Gasteiger partial charge in [-0.2, -0.15) is 4.31 Å². The van der Waals surface area contributed by atoms with E-state index in [9.17, 15) is 8.42 Å². The van der Waals surface area contributed by atoms with E-state index in [1.807, 2.05) is 6.92 Å². The van der Waals surface area contributed by atoms with Crippen LogP contribution in [0.1, 0.15) is 12.0 Å². The molecule has 0 unspecified atom stereocenters. The summed E-state index contributed by atoms with van der Waals surface area (Å²) in [4.78, 5) is 0.323. The monoisotopic (exact) mass is 284 g/mol. The minimum atomic E-state index is -3.41. The van der Waals surface area contributed by atoms with E-state index in [0.29, 0.717) is 30.3 Å². The predicted octanol–water partition coefficient (Wildman–Crippen LogP) is 0.973. The number of hydrogen-bond donors (Lipinski definition) is 1. The molecule has 1 fully saturated rings. The molecule has 0 amide bonds. The second kappa shape index (κ2) is 5.48. The van der Waals surface area contributed by atoms with Crippen molar-refractivity contribution in [2.45, 2.75) is 18.2 Å². The number of nitrogens with zero attached hydrogens (tertiary/aromatic N) is 1. The molecule has 0 aromatic heterocycles. The third kappa shape index (κ3) is 2.75. The SMILES string of the molecule is COc1ccc(S(=O)(=O)N2CC[C@H](CN)C2)cc1C. The van der Waals surface area contributed by atoms with E-state index >= 15 is 0 Å². The molecule has 6 heteroatoms. The first kappa shape index (κ1) is 14.3. The van der Waals surface area contributed by atoms with Gasteiger partial charge in [-0.15, -0.1) is 0 Å². The first-order valence-electron chi connectivity index (χ1n) is 6.34. The van der Waals surface area contributed by atoms with Gasteiger partial charge in [0.25, 0.3) is 0 Å². The summed E-state index contributed by atoms with van der Waals surface area (Å²) in [7, 11) is -1.83. The normalized spacial score (nSPS) is 20.7. The highest BCUT2D eigenvalue weighted by atomic mass is 32.2. The van der Waals surface area contributed by atoms with Crippen molar-refractivity contribution >= 4 is 10.0 Å². The van der Waals surface area contributed by atoms with Gasteiger partial charge >= 0.3 is 0 Å². The van der Waals surface area contributed by atoms with Gasteiger partial charge in [0.05, 0.1) is 12.0 Å². The molecule has 0 aliphatic carbocycles. The Balaban J connectivity index is 2.27. The zero-order chi connectivity index (χ0) is 14.0. The Labute approximate surface area is 114 Å². The molecule has 1 aliphatic rings. The fraction of sp³-hybridized carbons (Fsp3) is 0.538. The van der Waals surface area contributed by atoms with Crippen LogP contribution in [0.5, 0.6) is 5.75 Å². The molecule has 19 heavy (non-hydrogen) atoms. The number of rotatable bonds is 4. The zero-order valence-corrected chi connectivity index (χ0v) is 12.1. The molecular formula is C13H20N2O3S. The van der Waals surface area contributed by atoms with Crippen LogP contribution in [-0.4, -0.2) is 39.5 Å². The van der Waals surface area contributed by atoms with Crippen molar-refractivity contribution in [1.29, 1.82) is 0 Å². The van der Waals surface area contributed by atoms with E-state index in [-0.39, 0.29) is 5.92 Å². The lowest BCUT2D eigenvalue weighted by molar-refractivity contribution is 0.411. The number of aryl methyl sites for hydroxylation is 1. The van der Waals surface area contributed by atoms with Crippen molar-refractivity contribution in [3.05, 3.63) is 23.8 Å². The van der Waals surface area contributed by atoms with Crippen LogP contribution in [-0.2, 0) is 10.0 Å². The summed E-state index contributed by atoms with van der Waals surface area (Å²) in [6.45, 7) is 3.44. The van der Waals surface area contributed by atoms with Crippen molar-refractivity contribution < 1.29 is 13.2 Å². The first-order valence-corrected chi connectivity index (χ1v) is 7.78. The van der Waals surface area contributed by atoms with Gasteiger partial charge in [0.2, 0.25) is 10.0 Å². The van der Waals surface area contributed by atoms with E-state index in [1.165, 1.54) is 4.31 Å². The average molecular weight is 284 g/mol. The summed E-state index contributed by atoms with van der Waals surface area (Å²) in [5.74, 6) is 0.967. The maximum atomic E-state index is 12.5. The van der Waals surface area contributed by atoms with E-state index < -0.39 is 10.0 Å². The molecule has 0 saturated carbocycles. The summed E-state index contributed by atoms with van der Waals surface area (Å²) in [6.07, 6.45) is 0.838. The lowest BCUT2D eigenvalue weighted by atomic mass is 10.1. The molecule has 0 spiro atoms. The van der Waals surface area contributed by atoms with Crippen molar-refractivity contribution in [1.82, 2.24) is 4.31 Å². The van der Waals surface area contributed by atoms with Gasteiger partial charge < -0.3 is 10.5 Å². The van der Waals surface area contributed by atoms with Crippen LogP contribution >= 0.6 is 0 Å². The highest BCUT2D eigenvalue weighted by Gasteiger charge is 2.32. The van der Waals surface area contributed by atoms with Crippen molar-refractivity contribution in [2.24, 2.45) is 11.7 Å². The molecule has 1 aliphatic heterocycles. The number of ether oxygens (including phenoxy) is 1. The number of sulfonamides is 1. The zero-order valence-electron chi connectivity index (χ0n) is 11.3. The third-order valence-electron chi connectivity index (χ3n) is 3.59. The molecule has 1 heterocycles. The van der Waals surface area contributed by atoms with Crippen molar-refractivity contribution in [2.75, 3.05) is 26.7 Å². The molecule has 1 aromatic carbocycles. The molecule has 0 radical (unpaired) electrons. The summed E-state index contributed by atoms with van der Waals surface area (Å²) in [6, 6.07) is 4.94. The van der Waals surface area contributed by atoms with Crippen LogP contribution in [0.3, 0.4) is 0 Å². The number of benzene rings is 1. The van der Waals surface area contributed by atoms with E-state index in [2.05, 4.69) is 0 Å². The Hall–Kier alpha value is -1.11. The van der Waals surface area contributed by atoms with Crippen molar-refractivity contribution in [3.63, 3.8) is 0 Å². The largest absolute Gasteiger partial charge is 0.496 e. The predicted molar refractivity (Wildman–Crippen MR) is 73.7 cm³/mol. The standard InChI is InChI=1S/C13H20N2O3S/c1-10-7-12(3-4-13(10)18-2)19(16,17)15-6-5-11(8-14)9-15/h3-4,7,11H,5-6,8-9,14H2,1-2H3/t11-/m1/s1. The molecule has 5 nitrogen and oxygen atoms in total. The topological polar surface area (TPSA) is 72.6 Å². The van der Waals surface area contributed by atoms with Gasteiger partial charge in [-0.05, 0) is 49.6 Å². The van der Waals surface area contributed by atoms with Crippen LogP contribution in [0.4, 0.5) is 0 Å². The Morgan fingerprint density at radius 1 is 1.47 bits per heavy atom. The fourth-order valence-corrected chi connectivity index (χ4v) is 3.98. The van der Waals surface area contributed by atoms with Gasteiger partial charge in [-0.25, -0.2) is 8.42 Å². The van der Waals surface area contributed by atoms with Gasteiger partial charge in [0.1, 0.15) is 5.75 Å². The van der Waals surface area contributed by atoms with Crippen LogP contribution in [0.15, 0.2) is 23.1 Å². The average Bonchev–Trinajstić information content (AvgIpc) is 2.88. The molecule has 1 saturated heterocycles. The fourth-order valence-electron chi connectivity index (χ4n) is 2.37. The van der Waals surface area contributed by atoms with E-state index in [0.717, 1.165) is 12.0 Å². The smallest absolute Gasteiger partial charge is 0.243 e. The number of hydrogen-bond acceptors (Lipinski definition) is 4. The van der Waals surface area contributed by atoms with Gasteiger partial charge in [-0.3, -0.25) is 0 Å². The van der Waals surface area contributed by atoms with Gasteiger partial charge in [-0.1, -0.05) is 0 Å². The first-order chi connectivity index (χ1) is 8.98. The van der Waals surface area contributed by atoms with Crippen molar-refractivity contribution in [3.8, 4) is 5.75 Å². The van der Waals surface area contributed by atoms with Gasteiger partial charge in [0, 0.05) is 13.1 Å². The molecule has 1 aromatic rings. The quantitative estimate of drug-likeness (QED) is 0.894. The number of methoxy groups -OCH3 is 1. The Morgan fingerprint density at radius 2 is 2.21 bits per heavy atom. The Morgan fingerprint density at radius 3 is 2.74 bits per heavy atom. The second-order valence-corrected chi connectivity index (χ2v) is 6.82. The van der Waals surface area contributed by atoms with E-state index in [4.69, 9.17) is 10.5 Å². The Bertz CT molecular complexity index is 557. The van der Waals surface area contributed by atoms with Gasteiger partial charge in [0.15, 0.2) is 0 Å². The van der Waals surface area contributed by atoms with Crippen LogP contribution in [0.2, 0.25) is 0 Å². The second-order valence-electron chi connectivity index (χ2n) is 4.88. The molecule has 2 rings (SSSR count).